The van der Waals surface area contributed by atoms with Crippen molar-refractivity contribution in [3.63, 3.8) is 0 Å². The number of aryl methyl sites for hydroxylation is 1. The monoisotopic (exact) mass is 242 g/mol. The number of ether oxygens (including phenoxy) is 2. The van der Waals surface area contributed by atoms with Gasteiger partial charge in [-0.1, -0.05) is 0 Å². The maximum absolute atomic E-state index is 11.3. The third kappa shape index (κ3) is 3.42. The van der Waals surface area contributed by atoms with Crippen LogP contribution in [0.25, 0.3) is 0 Å². The highest BCUT2D eigenvalue weighted by atomic mass is 35.5. The topological polar surface area (TPSA) is 35.5 Å². The zero-order chi connectivity index (χ0) is 12.0. The molecular formula is C12H15ClO3. The largest absolute Gasteiger partial charge is 0.493 e. The van der Waals surface area contributed by atoms with Gasteiger partial charge in [0.1, 0.15) is 5.75 Å². The molecule has 0 amide bonds. The minimum atomic E-state index is -0.338. The van der Waals surface area contributed by atoms with E-state index in [-0.39, 0.29) is 5.97 Å². The minimum Gasteiger partial charge on any atom is -0.493 e. The van der Waals surface area contributed by atoms with E-state index in [1.54, 1.807) is 18.2 Å². The van der Waals surface area contributed by atoms with E-state index in [1.165, 1.54) is 7.11 Å². The molecule has 0 aliphatic carbocycles. The van der Waals surface area contributed by atoms with Gasteiger partial charge in [0.2, 0.25) is 0 Å². The molecule has 0 saturated heterocycles. The molecule has 4 heteroatoms. The molecule has 0 aromatic heterocycles. The van der Waals surface area contributed by atoms with E-state index in [0.717, 1.165) is 17.7 Å². The number of carbonyl (C=O) groups excluding carboxylic acids is 1. The molecule has 0 heterocycles. The predicted octanol–water partition coefficient (Wildman–Crippen LogP) is 2.79. The van der Waals surface area contributed by atoms with Crippen LogP contribution in [0, 0.1) is 6.92 Å². The Hall–Kier alpha value is -1.22. The van der Waals surface area contributed by atoms with Crippen LogP contribution in [0.15, 0.2) is 18.2 Å². The van der Waals surface area contributed by atoms with Gasteiger partial charge in [0.25, 0.3) is 0 Å². The van der Waals surface area contributed by atoms with Crippen LogP contribution in [0.5, 0.6) is 5.75 Å². The van der Waals surface area contributed by atoms with Gasteiger partial charge < -0.3 is 9.47 Å². The van der Waals surface area contributed by atoms with Crippen LogP contribution in [-0.4, -0.2) is 25.6 Å². The molecule has 0 unspecified atom stereocenters. The summed E-state index contributed by atoms with van der Waals surface area (Å²) in [5.41, 5.74) is 1.45. The van der Waals surface area contributed by atoms with Gasteiger partial charge in [-0.2, -0.15) is 0 Å². The molecule has 0 radical (unpaired) electrons. The second-order valence-electron chi connectivity index (χ2n) is 3.36. The molecule has 1 aromatic carbocycles. The van der Waals surface area contributed by atoms with E-state index in [4.69, 9.17) is 16.3 Å². The fourth-order valence-electron chi connectivity index (χ4n) is 1.29. The molecule has 88 valence electrons. The molecular weight excluding hydrogens is 228 g/mol. The predicted molar refractivity (Wildman–Crippen MR) is 63.4 cm³/mol. The summed E-state index contributed by atoms with van der Waals surface area (Å²) in [6.07, 6.45) is 0.805. The molecule has 3 nitrogen and oxygen atoms in total. The highest BCUT2D eigenvalue weighted by Gasteiger charge is 2.07. The summed E-state index contributed by atoms with van der Waals surface area (Å²) in [5, 5.41) is 0. The summed E-state index contributed by atoms with van der Waals surface area (Å²) in [7, 11) is 1.36. The van der Waals surface area contributed by atoms with Crippen LogP contribution in [-0.2, 0) is 4.74 Å². The second-order valence-corrected chi connectivity index (χ2v) is 3.74. The van der Waals surface area contributed by atoms with Gasteiger partial charge in [0.15, 0.2) is 0 Å². The number of carbonyl (C=O) groups is 1. The number of alkyl halides is 1. The molecule has 0 bridgehead atoms. The summed E-state index contributed by atoms with van der Waals surface area (Å²) >= 11 is 5.55. The standard InChI is InChI=1S/C12H15ClO3/c1-9-8-10(12(14)15-2)4-5-11(9)16-7-3-6-13/h4-5,8H,3,6-7H2,1-2H3. The Labute approximate surface area is 100 Å². The Balaban J connectivity index is 2.71. The van der Waals surface area contributed by atoms with Crippen molar-refractivity contribution in [2.45, 2.75) is 13.3 Å². The molecule has 1 aromatic rings. The van der Waals surface area contributed by atoms with E-state index >= 15 is 0 Å². The molecule has 0 atom stereocenters. The third-order valence-electron chi connectivity index (χ3n) is 2.13. The van der Waals surface area contributed by atoms with Crippen molar-refractivity contribution in [1.82, 2.24) is 0 Å². The van der Waals surface area contributed by atoms with Crippen molar-refractivity contribution in [2.24, 2.45) is 0 Å². The number of halogens is 1. The van der Waals surface area contributed by atoms with Crippen molar-refractivity contribution < 1.29 is 14.3 Å². The molecule has 0 aliphatic heterocycles. The fourth-order valence-corrected chi connectivity index (χ4v) is 1.40. The van der Waals surface area contributed by atoms with Gasteiger partial charge >= 0.3 is 5.97 Å². The van der Waals surface area contributed by atoms with E-state index in [1.807, 2.05) is 6.92 Å². The maximum Gasteiger partial charge on any atom is 0.337 e. The molecule has 0 N–H and O–H groups in total. The lowest BCUT2D eigenvalue weighted by atomic mass is 10.1. The van der Waals surface area contributed by atoms with Crippen molar-refractivity contribution >= 4 is 17.6 Å². The van der Waals surface area contributed by atoms with Crippen molar-refractivity contribution in [1.29, 1.82) is 0 Å². The molecule has 1 rings (SSSR count). The number of rotatable bonds is 5. The SMILES string of the molecule is COC(=O)c1ccc(OCCCCl)c(C)c1. The van der Waals surface area contributed by atoms with Gasteiger partial charge in [-0.25, -0.2) is 4.79 Å². The van der Waals surface area contributed by atoms with Crippen molar-refractivity contribution in [3.05, 3.63) is 29.3 Å². The summed E-state index contributed by atoms with van der Waals surface area (Å²) in [6, 6.07) is 5.21. The number of esters is 1. The van der Waals surface area contributed by atoms with E-state index in [9.17, 15) is 4.79 Å². The number of methoxy groups -OCH3 is 1. The number of benzene rings is 1. The molecule has 0 fully saturated rings. The lowest BCUT2D eigenvalue weighted by Gasteiger charge is -2.09. The average Bonchev–Trinajstić information content (AvgIpc) is 2.30. The lowest BCUT2D eigenvalue weighted by Crippen LogP contribution is -2.03. The maximum atomic E-state index is 11.3. The Morgan fingerprint density at radius 2 is 2.19 bits per heavy atom. The minimum absolute atomic E-state index is 0.338. The van der Waals surface area contributed by atoms with Gasteiger partial charge in [0.05, 0.1) is 19.3 Å². The highest BCUT2D eigenvalue weighted by molar-refractivity contribution is 6.17. The van der Waals surface area contributed by atoms with Gasteiger partial charge in [-0.3, -0.25) is 0 Å². The van der Waals surface area contributed by atoms with E-state index < -0.39 is 0 Å². The first-order chi connectivity index (χ1) is 7.69. The number of hydrogen-bond acceptors (Lipinski definition) is 3. The summed E-state index contributed by atoms with van der Waals surface area (Å²) in [6.45, 7) is 2.48. The molecule has 0 aliphatic rings. The first kappa shape index (κ1) is 12.8. The molecule has 0 saturated carbocycles. The first-order valence-corrected chi connectivity index (χ1v) is 5.60. The van der Waals surface area contributed by atoms with Crippen LogP contribution >= 0.6 is 11.6 Å². The first-order valence-electron chi connectivity index (χ1n) is 5.06. The van der Waals surface area contributed by atoms with E-state index in [2.05, 4.69) is 4.74 Å². The van der Waals surface area contributed by atoms with Crippen molar-refractivity contribution in [2.75, 3.05) is 19.6 Å². The van der Waals surface area contributed by atoms with Gasteiger partial charge in [-0.05, 0) is 37.1 Å². The van der Waals surface area contributed by atoms with Gasteiger partial charge in [-0.15, -0.1) is 11.6 Å². The van der Waals surface area contributed by atoms with Crippen LogP contribution in [0.1, 0.15) is 22.3 Å². The van der Waals surface area contributed by atoms with E-state index in [0.29, 0.717) is 18.1 Å². The lowest BCUT2D eigenvalue weighted by molar-refractivity contribution is 0.0600. The van der Waals surface area contributed by atoms with Crippen LogP contribution in [0.4, 0.5) is 0 Å². The van der Waals surface area contributed by atoms with Crippen LogP contribution < -0.4 is 4.74 Å². The summed E-state index contributed by atoms with van der Waals surface area (Å²) in [4.78, 5) is 11.3. The average molecular weight is 243 g/mol. The second kappa shape index (κ2) is 6.38. The fraction of sp³-hybridized carbons (Fsp3) is 0.417. The van der Waals surface area contributed by atoms with Crippen LogP contribution in [0.3, 0.4) is 0 Å². The Kier molecular flexibility index (Phi) is 5.12. The van der Waals surface area contributed by atoms with Crippen LogP contribution in [0.2, 0.25) is 0 Å². The summed E-state index contributed by atoms with van der Waals surface area (Å²) in [5.74, 6) is 1.02. The quantitative estimate of drug-likeness (QED) is 0.453. The zero-order valence-corrected chi connectivity index (χ0v) is 10.2. The summed E-state index contributed by atoms with van der Waals surface area (Å²) < 4.78 is 10.1. The normalized spacial score (nSPS) is 9.94. The molecule has 16 heavy (non-hydrogen) atoms. The Bertz CT molecular complexity index is 363. The number of hydrogen-bond donors (Lipinski definition) is 0. The third-order valence-corrected chi connectivity index (χ3v) is 2.40. The molecule has 0 spiro atoms. The van der Waals surface area contributed by atoms with Crippen molar-refractivity contribution in [3.8, 4) is 5.75 Å². The van der Waals surface area contributed by atoms with Gasteiger partial charge in [0, 0.05) is 5.88 Å². The Morgan fingerprint density at radius 3 is 2.75 bits per heavy atom. The highest BCUT2D eigenvalue weighted by Crippen LogP contribution is 2.19. The smallest absolute Gasteiger partial charge is 0.337 e. The Morgan fingerprint density at radius 1 is 1.44 bits per heavy atom. The zero-order valence-electron chi connectivity index (χ0n) is 9.46.